The average molecular weight is 296 g/mol. The number of aliphatic hydroxyl groups excluding tert-OH is 2. The smallest absolute Gasteiger partial charge is 0.378 e. The fourth-order valence-electron chi connectivity index (χ4n) is 2.65. The van der Waals surface area contributed by atoms with E-state index in [0.717, 1.165) is 11.1 Å². The highest BCUT2D eigenvalue weighted by Gasteiger charge is 2.35. The molecule has 3 rings (SSSR count). The van der Waals surface area contributed by atoms with E-state index < -0.39 is 23.6 Å². The first kappa shape index (κ1) is 14.2. The summed E-state index contributed by atoms with van der Waals surface area (Å²) in [6.07, 6.45) is -0.930. The maximum Gasteiger partial charge on any atom is 0.378 e. The summed E-state index contributed by atoms with van der Waals surface area (Å²) in [4.78, 5) is 11.2. The van der Waals surface area contributed by atoms with Crippen LogP contribution < -0.4 is 0 Å². The zero-order chi connectivity index (χ0) is 15.9. The van der Waals surface area contributed by atoms with Crippen molar-refractivity contribution >= 4 is 5.97 Å². The fraction of sp³-hybridized carbons (Fsp3) is 0.167. The van der Waals surface area contributed by atoms with Gasteiger partial charge in [0.05, 0.1) is 0 Å². The molecule has 0 radical (unpaired) electrons. The number of hydrogen-bond acceptors (Lipinski definition) is 4. The zero-order valence-electron chi connectivity index (χ0n) is 12.3. The van der Waals surface area contributed by atoms with Gasteiger partial charge in [-0.3, -0.25) is 0 Å². The number of carbonyl (C=O) groups is 1. The molecule has 0 bridgehead atoms. The number of carbonyl (C=O) groups excluding carboxylic acids is 1. The monoisotopic (exact) mass is 296 g/mol. The SMILES string of the molecule is Cc1ccc(-c2ccc(C3OC(=O)C(O)=C3O)cc2)c(C)c1. The van der Waals surface area contributed by atoms with Gasteiger partial charge in [0, 0.05) is 5.56 Å². The van der Waals surface area contributed by atoms with Crippen LogP contribution in [-0.4, -0.2) is 16.2 Å². The van der Waals surface area contributed by atoms with E-state index in [-0.39, 0.29) is 0 Å². The van der Waals surface area contributed by atoms with Crippen LogP contribution in [0.25, 0.3) is 11.1 Å². The molecule has 0 spiro atoms. The molecule has 1 heterocycles. The Labute approximate surface area is 128 Å². The summed E-state index contributed by atoms with van der Waals surface area (Å²) in [6, 6.07) is 13.6. The normalized spacial score (nSPS) is 17.7. The molecule has 1 unspecified atom stereocenters. The number of aryl methyl sites for hydroxylation is 2. The molecule has 22 heavy (non-hydrogen) atoms. The van der Waals surface area contributed by atoms with Crippen molar-refractivity contribution in [3.8, 4) is 11.1 Å². The second-order valence-electron chi connectivity index (χ2n) is 5.46. The fourth-order valence-corrected chi connectivity index (χ4v) is 2.65. The summed E-state index contributed by atoms with van der Waals surface area (Å²) in [5.74, 6) is -2.06. The lowest BCUT2D eigenvalue weighted by Crippen LogP contribution is -2.03. The van der Waals surface area contributed by atoms with Crippen molar-refractivity contribution in [1.82, 2.24) is 0 Å². The van der Waals surface area contributed by atoms with Crippen LogP contribution in [0.15, 0.2) is 54.0 Å². The van der Waals surface area contributed by atoms with Gasteiger partial charge < -0.3 is 14.9 Å². The van der Waals surface area contributed by atoms with Gasteiger partial charge in [-0.25, -0.2) is 4.79 Å². The Bertz CT molecular complexity index is 772. The number of rotatable bonds is 2. The molecule has 4 nitrogen and oxygen atoms in total. The summed E-state index contributed by atoms with van der Waals surface area (Å²) in [6.45, 7) is 4.11. The molecule has 0 aromatic heterocycles. The second kappa shape index (κ2) is 5.22. The molecule has 2 aromatic carbocycles. The maximum absolute atomic E-state index is 11.2. The van der Waals surface area contributed by atoms with Crippen LogP contribution in [0.4, 0.5) is 0 Å². The zero-order valence-corrected chi connectivity index (χ0v) is 12.3. The van der Waals surface area contributed by atoms with E-state index in [2.05, 4.69) is 32.0 Å². The van der Waals surface area contributed by atoms with E-state index in [1.165, 1.54) is 11.1 Å². The van der Waals surface area contributed by atoms with E-state index in [4.69, 9.17) is 4.74 Å². The third-order valence-corrected chi connectivity index (χ3v) is 3.82. The predicted molar refractivity (Wildman–Crippen MR) is 82.5 cm³/mol. The van der Waals surface area contributed by atoms with Crippen LogP contribution in [-0.2, 0) is 9.53 Å². The Balaban J connectivity index is 1.92. The second-order valence-corrected chi connectivity index (χ2v) is 5.46. The van der Waals surface area contributed by atoms with Crippen LogP contribution in [0.2, 0.25) is 0 Å². The van der Waals surface area contributed by atoms with Crippen molar-refractivity contribution in [1.29, 1.82) is 0 Å². The molecule has 0 fully saturated rings. The van der Waals surface area contributed by atoms with Crippen molar-refractivity contribution in [2.24, 2.45) is 0 Å². The molecule has 0 aliphatic carbocycles. The topological polar surface area (TPSA) is 66.8 Å². The summed E-state index contributed by atoms with van der Waals surface area (Å²) in [5, 5.41) is 19.1. The van der Waals surface area contributed by atoms with E-state index >= 15 is 0 Å². The Kier molecular flexibility index (Phi) is 3.37. The van der Waals surface area contributed by atoms with Crippen LogP contribution in [0, 0.1) is 13.8 Å². The summed E-state index contributed by atoms with van der Waals surface area (Å²) < 4.78 is 4.94. The summed E-state index contributed by atoms with van der Waals surface area (Å²) >= 11 is 0. The minimum absolute atomic E-state index is 0.440. The van der Waals surface area contributed by atoms with Gasteiger partial charge >= 0.3 is 5.97 Å². The third-order valence-electron chi connectivity index (χ3n) is 3.82. The first-order valence-electron chi connectivity index (χ1n) is 6.98. The highest BCUT2D eigenvalue weighted by atomic mass is 16.6. The molecule has 4 heteroatoms. The quantitative estimate of drug-likeness (QED) is 0.825. The van der Waals surface area contributed by atoms with Crippen molar-refractivity contribution in [2.45, 2.75) is 20.0 Å². The number of aliphatic hydroxyl groups is 2. The Morgan fingerprint density at radius 1 is 1.00 bits per heavy atom. The molecule has 0 saturated heterocycles. The van der Waals surface area contributed by atoms with Gasteiger partial charge in [0.2, 0.25) is 5.76 Å². The molecular formula is C18H16O4. The first-order chi connectivity index (χ1) is 10.5. The van der Waals surface area contributed by atoms with E-state index in [1.807, 2.05) is 12.1 Å². The number of ether oxygens (including phenoxy) is 1. The van der Waals surface area contributed by atoms with Gasteiger partial charge in [-0.2, -0.15) is 0 Å². The Morgan fingerprint density at radius 2 is 1.68 bits per heavy atom. The lowest BCUT2D eigenvalue weighted by atomic mass is 9.97. The number of cyclic esters (lactones) is 1. The van der Waals surface area contributed by atoms with E-state index in [0.29, 0.717) is 5.56 Å². The summed E-state index contributed by atoms with van der Waals surface area (Å²) in [5.41, 5.74) is 5.17. The van der Waals surface area contributed by atoms with E-state index in [9.17, 15) is 15.0 Å². The average Bonchev–Trinajstić information content (AvgIpc) is 2.75. The molecular weight excluding hydrogens is 280 g/mol. The van der Waals surface area contributed by atoms with Gasteiger partial charge in [-0.15, -0.1) is 0 Å². The molecule has 112 valence electrons. The van der Waals surface area contributed by atoms with Gasteiger partial charge in [-0.05, 0) is 30.5 Å². The van der Waals surface area contributed by atoms with Crippen LogP contribution in [0.1, 0.15) is 22.8 Å². The molecule has 0 saturated carbocycles. The van der Waals surface area contributed by atoms with Crippen LogP contribution in [0.5, 0.6) is 0 Å². The van der Waals surface area contributed by atoms with Gasteiger partial charge in [0.25, 0.3) is 0 Å². The van der Waals surface area contributed by atoms with Crippen molar-refractivity contribution in [2.75, 3.05) is 0 Å². The largest absolute Gasteiger partial charge is 0.505 e. The number of benzene rings is 2. The lowest BCUT2D eigenvalue weighted by Gasteiger charge is -2.12. The Hall–Kier alpha value is -2.75. The molecule has 2 N–H and O–H groups in total. The summed E-state index contributed by atoms with van der Waals surface area (Å²) in [7, 11) is 0. The number of hydrogen-bond donors (Lipinski definition) is 2. The molecule has 0 amide bonds. The maximum atomic E-state index is 11.2. The minimum Gasteiger partial charge on any atom is -0.505 e. The number of esters is 1. The highest BCUT2D eigenvalue weighted by Crippen LogP contribution is 2.33. The van der Waals surface area contributed by atoms with Crippen molar-refractivity contribution in [3.05, 3.63) is 70.7 Å². The van der Waals surface area contributed by atoms with Crippen LogP contribution >= 0.6 is 0 Å². The van der Waals surface area contributed by atoms with Crippen LogP contribution in [0.3, 0.4) is 0 Å². The van der Waals surface area contributed by atoms with Gasteiger partial charge in [-0.1, -0.05) is 48.0 Å². The Morgan fingerprint density at radius 3 is 2.23 bits per heavy atom. The molecule has 1 atom stereocenters. The first-order valence-corrected chi connectivity index (χ1v) is 6.98. The minimum atomic E-state index is -0.930. The molecule has 2 aromatic rings. The molecule has 1 aliphatic rings. The standard InChI is InChI=1S/C18H16O4/c1-10-3-8-14(11(2)9-10)12-4-6-13(7-5-12)17-15(19)16(20)18(21)22-17/h3-9,17,19-20H,1-2H3. The van der Waals surface area contributed by atoms with Gasteiger partial charge in [0.1, 0.15) is 0 Å². The highest BCUT2D eigenvalue weighted by molar-refractivity contribution is 5.89. The molecule has 1 aliphatic heterocycles. The third kappa shape index (κ3) is 2.33. The van der Waals surface area contributed by atoms with Gasteiger partial charge in [0.15, 0.2) is 11.9 Å². The predicted octanol–water partition coefficient (Wildman–Crippen LogP) is 3.90. The van der Waals surface area contributed by atoms with E-state index in [1.54, 1.807) is 12.1 Å². The van der Waals surface area contributed by atoms with Crippen molar-refractivity contribution in [3.63, 3.8) is 0 Å². The lowest BCUT2D eigenvalue weighted by molar-refractivity contribution is -0.142. The van der Waals surface area contributed by atoms with Crippen molar-refractivity contribution < 1.29 is 19.7 Å².